The maximum atomic E-state index is 13.3. The van der Waals surface area contributed by atoms with Crippen LogP contribution < -0.4 is 5.32 Å². The van der Waals surface area contributed by atoms with E-state index in [1.165, 1.54) is 13.2 Å². The van der Waals surface area contributed by atoms with Crippen molar-refractivity contribution in [3.05, 3.63) is 46.7 Å². The molecule has 0 saturated carbocycles. The zero-order valence-corrected chi connectivity index (χ0v) is 19.4. The molecule has 9 heteroatoms. The predicted molar refractivity (Wildman–Crippen MR) is 119 cm³/mol. The van der Waals surface area contributed by atoms with Crippen molar-refractivity contribution in [2.45, 2.75) is 46.3 Å². The van der Waals surface area contributed by atoms with E-state index in [0.29, 0.717) is 30.3 Å². The minimum absolute atomic E-state index is 0.274. The van der Waals surface area contributed by atoms with Crippen LogP contribution in [-0.2, 0) is 15.7 Å². The summed E-state index contributed by atoms with van der Waals surface area (Å²) in [4.78, 5) is 21.4. The number of aliphatic imine (C=N–C) groups is 1. The molecule has 2 rings (SSSR count). The minimum atomic E-state index is -4.48. The highest BCUT2D eigenvalue weighted by molar-refractivity contribution is 5.96. The quantitative estimate of drug-likeness (QED) is 0.448. The van der Waals surface area contributed by atoms with E-state index in [1.54, 1.807) is 13.0 Å². The summed E-state index contributed by atoms with van der Waals surface area (Å²) in [6.07, 6.45) is -3.63. The van der Waals surface area contributed by atoms with Gasteiger partial charge in [-0.15, -0.1) is 0 Å². The fraction of sp³-hybridized carbons (Fsp3) is 0.565. The first-order valence-electron chi connectivity index (χ1n) is 10.9. The summed E-state index contributed by atoms with van der Waals surface area (Å²) in [7, 11) is 1.26. The van der Waals surface area contributed by atoms with Gasteiger partial charge >= 0.3 is 12.1 Å². The molecule has 0 unspecified atom stereocenters. The third kappa shape index (κ3) is 6.03. The van der Waals surface area contributed by atoms with Gasteiger partial charge < -0.3 is 19.9 Å². The van der Waals surface area contributed by atoms with Crippen LogP contribution in [0.5, 0.6) is 0 Å². The Labute approximate surface area is 188 Å². The van der Waals surface area contributed by atoms with Crippen LogP contribution in [0.3, 0.4) is 0 Å². The number of methoxy groups -OCH3 is 1. The van der Waals surface area contributed by atoms with Gasteiger partial charge in [-0.3, -0.25) is 4.99 Å². The van der Waals surface area contributed by atoms with Crippen LogP contribution in [0.4, 0.5) is 13.2 Å². The third-order valence-electron chi connectivity index (χ3n) is 5.67. The molecule has 1 aromatic rings. The van der Waals surface area contributed by atoms with E-state index < -0.39 is 23.8 Å². The van der Waals surface area contributed by atoms with Gasteiger partial charge in [-0.1, -0.05) is 26.0 Å². The van der Waals surface area contributed by atoms with E-state index in [4.69, 9.17) is 4.74 Å². The largest absolute Gasteiger partial charge is 0.466 e. The number of guanidine groups is 1. The number of esters is 1. The molecule has 32 heavy (non-hydrogen) atoms. The lowest BCUT2D eigenvalue weighted by molar-refractivity contribution is -0.137. The second-order valence-electron chi connectivity index (χ2n) is 7.52. The van der Waals surface area contributed by atoms with Gasteiger partial charge in [0.1, 0.15) is 0 Å². The van der Waals surface area contributed by atoms with Gasteiger partial charge in [-0.05, 0) is 57.6 Å². The number of ether oxygens (including phenoxy) is 1. The van der Waals surface area contributed by atoms with Crippen LogP contribution in [0.1, 0.15) is 51.3 Å². The number of halogens is 3. The third-order valence-corrected chi connectivity index (χ3v) is 5.67. The maximum absolute atomic E-state index is 13.3. The number of carbonyl (C=O) groups excluding carboxylic acids is 1. The molecule has 0 fully saturated rings. The van der Waals surface area contributed by atoms with Crippen LogP contribution in [0, 0.1) is 0 Å². The lowest BCUT2D eigenvalue weighted by Crippen LogP contribution is -2.49. The predicted octanol–water partition coefficient (Wildman–Crippen LogP) is 4.21. The molecule has 1 aromatic carbocycles. The van der Waals surface area contributed by atoms with Crippen LogP contribution >= 0.6 is 0 Å². The Morgan fingerprint density at radius 1 is 1.25 bits per heavy atom. The second kappa shape index (κ2) is 11.4. The van der Waals surface area contributed by atoms with Gasteiger partial charge in [0.05, 0.1) is 24.3 Å². The van der Waals surface area contributed by atoms with Gasteiger partial charge in [0.25, 0.3) is 0 Å². The van der Waals surface area contributed by atoms with Gasteiger partial charge in [-0.25, -0.2) is 4.79 Å². The molecular formula is C23H33F3N4O2. The minimum Gasteiger partial charge on any atom is -0.466 e. The summed E-state index contributed by atoms with van der Waals surface area (Å²) in [5.41, 5.74) is 0.444. The van der Waals surface area contributed by atoms with Crippen LogP contribution in [0.15, 0.2) is 40.5 Å². The lowest BCUT2D eigenvalue weighted by Gasteiger charge is -2.37. The van der Waals surface area contributed by atoms with Crippen molar-refractivity contribution in [3.8, 4) is 0 Å². The SMILES string of the molecule is CCN(CC)CCCN=C1N[C@@H](c2cccc(C(F)(F)F)c2)C(C(=O)OC)=C(C)N1CC. The van der Waals surface area contributed by atoms with Crippen LogP contribution in [0.2, 0.25) is 0 Å². The average Bonchev–Trinajstić information content (AvgIpc) is 2.78. The standard InChI is InChI=1S/C23H33F3N4O2/c1-6-29(7-2)14-10-13-27-22-28-20(17-11-9-12-18(15-17)23(24,25)26)19(21(31)32-5)16(4)30(22)8-3/h9,11-12,15,20H,6-8,10,13-14H2,1-5H3,(H,27,28)/t20-/m0/s1. The van der Waals surface area contributed by atoms with E-state index in [1.807, 2.05) is 11.8 Å². The molecule has 1 heterocycles. The van der Waals surface area contributed by atoms with Crippen LogP contribution in [-0.4, -0.2) is 61.6 Å². The number of nitrogens with one attached hydrogen (secondary N) is 1. The van der Waals surface area contributed by atoms with Gasteiger partial charge in [0.2, 0.25) is 0 Å². The van der Waals surface area contributed by atoms with Crippen molar-refractivity contribution in [2.75, 3.05) is 39.8 Å². The number of allylic oxidation sites excluding steroid dienone is 1. The summed E-state index contributed by atoms with van der Waals surface area (Å²) in [6, 6.07) is 4.20. The molecule has 0 radical (unpaired) electrons. The zero-order chi connectivity index (χ0) is 23.9. The van der Waals surface area contributed by atoms with E-state index in [2.05, 4.69) is 29.1 Å². The average molecular weight is 455 g/mol. The number of nitrogens with zero attached hydrogens (tertiary/aromatic N) is 3. The smallest absolute Gasteiger partial charge is 0.416 e. The van der Waals surface area contributed by atoms with Gasteiger partial charge in [0.15, 0.2) is 5.96 Å². The number of hydrogen-bond acceptors (Lipinski definition) is 4. The number of rotatable bonds is 9. The van der Waals surface area contributed by atoms with Crippen LogP contribution in [0.25, 0.3) is 0 Å². The van der Waals surface area contributed by atoms with Crippen molar-refractivity contribution < 1.29 is 22.7 Å². The Kier molecular flexibility index (Phi) is 9.12. The topological polar surface area (TPSA) is 57.2 Å². The Hall–Kier alpha value is -2.55. The molecule has 6 nitrogen and oxygen atoms in total. The fourth-order valence-corrected chi connectivity index (χ4v) is 3.85. The molecule has 0 amide bonds. The first-order valence-corrected chi connectivity index (χ1v) is 10.9. The van der Waals surface area contributed by atoms with E-state index in [-0.39, 0.29) is 5.57 Å². The maximum Gasteiger partial charge on any atom is 0.416 e. The first kappa shape index (κ1) is 25.7. The number of benzene rings is 1. The summed E-state index contributed by atoms with van der Waals surface area (Å²) in [6.45, 7) is 11.9. The van der Waals surface area contributed by atoms with Gasteiger partial charge in [0, 0.05) is 18.8 Å². The molecule has 1 N–H and O–H groups in total. The monoisotopic (exact) mass is 454 g/mol. The molecule has 0 saturated heterocycles. The molecule has 178 valence electrons. The van der Waals surface area contributed by atoms with Crippen molar-refractivity contribution in [1.82, 2.24) is 15.1 Å². The number of alkyl halides is 3. The lowest BCUT2D eigenvalue weighted by atomic mass is 9.93. The summed E-state index contributed by atoms with van der Waals surface area (Å²) >= 11 is 0. The Bertz CT molecular complexity index is 848. The Morgan fingerprint density at radius 3 is 2.50 bits per heavy atom. The van der Waals surface area contributed by atoms with Crippen molar-refractivity contribution >= 4 is 11.9 Å². The number of hydrogen-bond donors (Lipinski definition) is 1. The molecule has 0 aliphatic carbocycles. The van der Waals surface area contributed by atoms with E-state index >= 15 is 0 Å². The van der Waals surface area contributed by atoms with Crippen molar-refractivity contribution in [3.63, 3.8) is 0 Å². The molecule has 0 aromatic heterocycles. The second-order valence-corrected chi connectivity index (χ2v) is 7.52. The molecule has 1 aliphatic heterocycles. The van der Waals surface area contributed by atoms with Crippen molar-refractivity contribution in [2.24, 2.45) is 4.99 Å². The Morgan fingerprint density at radius 2 is 1.94 bits per heavy atom. The highest BCUT2D eigenvalue weighted by atomic mass is 19.4. The molecule has 1 aliphatic rings. The summed E-state index contributed by atoms with van der Waals surface area (Å²) in [5.74, 6) is -0.0453. The number of carbonyl (C=O) groups is 1. The Balaban J connectivity index is 2.42. The fourth-order valence-electron chi connectivity index (χ4n) is 3.85. The molecule has 0 spiro atoms. The molecular weight excluding hydrogens is 421 g/mol. The van der Waals surface area contributed by atoms with E-state index in [9.17, 15) is 18.0 Å². The summed E-state index contributed by atoms with van der Waals surface area (Å²) < 4.78 is 44.8. The molecule has 1 atom stereocenters. The normalized spacial score (nSPS) is 18.3. The highest BCUT2D eigenvalue weighted by Gasteiger charge is 2.36. The van der Waals surface area contributed by atoms with Gasteiger partial charge in [-0.2, -0.15) is 13.2 Å². The first-order chi connectivity index (χ1) is 15.2. The summed E-state index contributed by atoms with van der Waals surface area (Å²) in [5, 5.41) is 3.20. The molecule has 0 bridgehead atoms. The highest BCUT2D eigenvalue weighted by Crippen LogP contribution is 2.35. The van der Waals surface area contributed by atoms with Crippen molar-refractivity contribution in [1.29, 1.82) is 0 Å². The van der Waals surface area contributed by atoms with E-state index in [0.717, 1.165) is 38.2 Å². The zero-order valence-electron chi connectivity index (χ0n) is 19.4.